The molecule has 3 aromatic rings. The van der Waals surface area contributed by atoms with Gasteiger partial charge in [-0.15, -0.1) is 0 Å². The summed E-state index contributed by atoms with van der Waals surface area (Å²) in [6.45, 7) is 0.0307. The van der Waals surface area contributed by atoms with Crippen LogP contribution in [0, 0.1) is 10.1 Å². The Morgan fingerprint density at radius 3 is 2.89 bits per heavy atom. The lowest BCUT2D eigenvalue weighted by molar-refractivity contribution is -0.384. The Bertz CT molecular complexity index is 1090. The third kappa shape index (κ3) is 3.18. The zero-order chi connectivity index (χ0) is 19.7. The quantitative estimate of drug-likeness (QED) is 0.422. The van der Waals surface area contributed by atoms with E-state index in [0.717, 1.165) is 5.56 Å². The van der Waals surface area contributed by atoms with Crippen LogP contribution >= 0.6 is 0 Å². The highest BCUT2D eigenvalue weighted by Crippen LogP contribution is 2.30. The number of carbonyl (C=O) groups excluding carboxylic acids is 2. The van der Waals surface area contributed by atoms with Gasteiger partial charge in [0.25, 0.3) is 11.6 Å². The van der Waals surface area contributed by atoms with E-state index in [1.54, 1.807) is 24.3 Å². The van der Waals surface area contributed by atoms with E-state index < -0.39 is 17.5 Å². The van der Waals surface area contributed by atoms with Gasteiger partial charge in [-0.05, 0) is 30.5 Å². The first-order chi connectivity index (χ1) is 13.5. The molecule has 0 aliphatic carbocycles. The second kappa shape index (κ2) is 7.10. The molecule has 1 aromatic heterocycles. The van der Waals surface area contributed by atoms with Crippen molar-refractivity contribution in [3.05, 3.63) is 63.8 Å². The molecule has 2 aromatic carbocycles. The molecule has 9 heteroatoms. The van der Waals surface area contributed by atoms with E-state index in [1.165, 1.54) is 17.0 Å². The molecular weight excluding hydrogens is 364 g/mol. The maximum Gasteiger partial charge on any atom is 0.359 e. The summed E-state index contributed by atoms with van der Waals surface area (Å²) >= 11 is 0. The van der Waals surface area contributed by atoms with Crippen LogP contribution in [0.1, 0.15) is 22.5 Å². The van der Waals surface area contributed by atoms with Crippen molar-refractivity contribution in [2.45, 2.75) is 12.8 Å². The first kappa shape index (κ1) is 17.7. The summed E-state index contributed by atoms with van der Waals surface area (Å²) in [5, 5.41) is 18.3. The van der Waals surface area contributed by atoms with Crippen LogP contribution in [0.4, 0.5) is 11.4 Å². The van der Waals surface area contributed by atoms with E-state index in [1.807, 2.05) is 6.07 Å². The Labute approximate surface area is 159 Å². The van der Waals surface area contributed by atoms with Gasteiger partial charge in [0, 0.05) is 29.8 Å². The van der Waals surface area contributed by atoms with Gasteiger partial charge >= 0.3 is 5.97 Å². The standard InChI is InChI=1S/C19H16N4O5/c24-17(11-28-19(25)18-14-5-1-2-6-15(14)20-21-18)22-9-3-4-12-10-13(23(26)27)7-8-16(12)22/h1-2,5-8,10H,3-4,9,11H2,(H,20,21). The summed E-state index contributed by atoms with van der Waals surface area (Å²) in [7, 11) is 0. The van der Waals surface area contributed by atoms with Crippen molar-refractivity contribution < 1.29 is 19.2 Å². The number of hydrogen-bond acceptors (Lipinski definition) is 6. The maximum atomic E-state index is 12.6. The molecule has 0 radical (unpaired) electrons. The van der Waals surface area contributed by atoms with Crippen molar-refractivity contribution in [3.63, 3.8) is 0 Å². The zero-order valence-electron chi connectivity index (χ0n) is 14.8. The number of fused-ring (bicyclic) bond motifs is 2. The molecule has 4 rings (SSSR count). The van der Waals surface area contributed by atoms with Crippen molar-refractivity contribution in [3.8, 4) is 0 Å². The van der Waals surface area contributed by atoms with Crippen molar-refractivity contribution >= 4 is 34.2 Å². The largest absolute Gasteiger partial charge is 0.451 e. The van der Waals surface area contributed by atoms with Gasteiger partial charge in [0.15, 0.2) is 12.3 Å². The minimum atomic E-state index is -0.688. The number of esters is 1. The van der Waals surface area contributed by atoms with Gasteiger partial charge in [0.05, 0.1) is 10.4 Å². The SMILES string of the molecule is O=C(OCC(=O)N1CCCc2cc([N+](=O)[O-])ccc21)c1n[nH]c2ccccc12. The molecule has 0 bridgehead atoms. The molecule has 1 N–H and O–H groups in total. The number of amides is 1. The monoisotopic (exact) mass is 380 g/mol. The molecule has 28 heavy (non-hydrogen) atoms. The smallest absolute Gasteiger partial charge is 0.359 e. The topological polar surface area (TPSA) is 118 Å². The van der Waals surface area contributed by atoms with Crippen LogP contribution in [0.5, 0.6) is 0 Å². The molecule has 1 aliphatic rings. The Hall–Kier alpha value is -3.75. The molecule has 0 atom stereocenters. The number of carbonyl (C=O) groups is 2. The van der Waals surface area contributed by atoms with E-state index in [2.05, 4.69) is 10.2 Å². The number of rotatable bonds is 4. The lowest BCUT2D eigenvalue weighted by Gasteiger charge is -2.29. The van der Waals surface area contributed by atoms with Gasteiger partial charge in [-0.2, -0.15) is 5.10 Å². The highest BCUT2D eigenvalue weighted by molar-refractivity contribution is 6.03. The number of ether oxygens (including phenoxy) is 1. The molecule has 0 saturated heterocycles. The number of para-hydroxylation sites is 1. The van der Waals surface area contributed by atoms with Crippen molar-refractivity contribution in [1.29, 1.82) is 0 Å². The molecule has 142 valence electrons. The number of hydrogen-bond donors (Lipinski definition) is 1. The predicted molar refractivity (Wildman–Crippen MR) is 100 cm³/mol. The van der Waals surface area contributed by atoms with Crippen LogP contribution in [-0.4, -0.2) is 40.1 Å². The average Bonchev–Trinajstić information content (AvgIpc) is 3.15. The molecule has 9 nitrogen and oxygen atoms in total. The van der Waals surface area contributed by atoms with E-state index in [0.29, 0.717) is 36.0 Å². The number of aromatic nitrogens is 2. The third-order valence-electron chi connectivity index (χ3n) is 4.68. The van der Waals surface area contributed by atoms with Crippen molar-refractivity contribution in [2.24, 2.45) is 0 Å². The maximum absolute atomic E-state index is 12.6. The number of nitrogens with zero attached hydrogens (tertiary/aromatic N) is 3. The molecule has 0 saturated carbocycles. The minimum Gasteiger partial charge on any atom is -0.451 e. The van der Waals surface area contributed by atoms with Gasteiger partial charge in [-0.25, -0.2) is 4.79 Å². The second-order valence-corrected chi connectivity index (χ2v) is 6.41. The number of nitrogens with one attached hydrogen (secondary N) is 1. The number of H-pyrrole nitrogens is 1. The lowest BCUT2D eigenvalue weighted by Crippen LogP contribution is -2.38. The van der Waals surface area contributed by atoms with Crippen LogP contribution in [0.3, 0.4) is 0 Å². The second-order valence-electron chi connectivity index (χ2n) is 6.41. The summed E-state index contributed by atoms with van der Waals surface area (Å²) in [5.74, 6) is -1.07. The Morgan fingerprint density at radius 2 is 2.07 bits per heavy atom. The molecule has 0 fully saturated rings. The first-order valence-corrected chi connectivity index (χ1v) is 8.72. The van der Waals surface area contributed by atoms with Crippen LogP contribution in [0.2, 0.25) is 0 Å². The molecular formula is C19H16N4O5. The number of anilines is 1. The summed E-state index contributed by atoms with van der Waals surface area (Å²) in [4.78, 5) is 36.9. The highest BCUT2D eigenvalue weighted by atomic mass is 16.6. The number of benzene rings is 2. The van der Waals surface area contributed by atoms with Gasteiger partial charge in [-0.1, -0.05) is 18.2 Å². The van der Waals surface area contributed by atoms with Crippen LogP contribution in [-0.2, 0) is 16.0 Å². The Balaban J connectivity index is 1.47. The van der Waals surface area contributed by atoms with E-state index in [4.69, 9.17) is 4.74 Å². The van der Waals surface area contributed by atoms with Gasteiger partial charge in [0.2, 0.25) is 0 Å². The number of nitro groups is 1. The summed E-state index contributed by atoms with van der Waals surface area (Å²) in [5.41, 5.74) is 2.16. The lowest BCUT2D eigenvalue weighted by atomic mass is 10.0. The molecule has 0 spiro atoms. The van der Waals surface area contributed by atoms with Gasteiger partial charge < -0.3 is 9.64 Å². The summed E-state index contributed by atoms with van der Waals surface area (Å²) < 4.78 is 5.17. The first-order valence-electron chi connectivity index (χ1n) is 8.72. The average molecular weight is 380 g/mol. The molecule has 0 unspecified atom stereocenters. The fourth-order valence-electron chi connectivity index (χ4n) is 3.35. The van der Waals surface area contributed by atoms with Crippen molar-refractivity contribution in [2.75, 3.05) is 18.1 Å². The molecule has 2 heterocycles. The fourth-order valence-corrected chi connectivity index (χ4v) is 3.35. The fraction of sp³-hybridized carbons (Fsp3) is 0.211. The van der Waals surface area contributed by atoms with Crippen molar-refractivity contribution in [1.82, 2.24) is 10.2 Å². The van der Waals surface area contributed by atoms with E-state index in [-0.39, 0.29) is 17.3 Å². The number of nitro benzene ring substituents is 1. The third-order valence-corrected chi connectivity index (χ3v) is 4.68. The molecule has 1 amide bonds. The number of non-ortho nitro benzene ring substituents is 1. The van der Waals surface area contributed by atoms with Crippen LogP contribution in [0.25, 0.3) is 10.9 Å². The molecule has 1 aliphatic heterocycles. The van der Waals surface area contributed by atoms with E-state index >= 15 is 0 Å². The summed E-state index contributed by atoms with van der Waals surface area (Å²) in [6.07, 6.45) is 1.33. The minimum absolute atomic E-state index is 0.00936. The summed E-state index contributed by atoms with van der Waals surface area (Å²) in [6, 6.07) is 11.5. The normalized spacial score (nSPS) is 13.2. The Morgan fingerprint density at radius 1 is 1.25 bits per heavy atom. The van der Waals surface area contributed by atoms with Crippen LogP contribution in [0.15, 0.2) is 42.5 Å². The van der Waals surface area contributed by atoms with Gasteiger partial charge in [0.1, 0.15) is 0 Å². The highest BCUT2D eigenvalue weighted by Gasteiger charge is 2.26. The van der Waals surface area contributed by atoms with E-state index in [9.17, 15) is 19.7 Å². The van der Waals surface area contributed by atoms with Gasteiger partial charge in [-0.3, -0.25) is 20.0 Å². The zero-order valence-corrected chi connectivity index (χ0v) is 14.8. The van der Waals surface area contributed by atoms with Crippen LogP contribution < -0.4 is 4.90 Å². The Kier molecular flexibility index (Phi) is 4.48. The number of aromatic amines is 1. The predicted octanol–water partition coefficient (Wildman–Crippen LogP) is 2.61. The number of aryl methyl sites for hydroxylation is 1.